The van der Waals surface area contributed by atoms with E-state index in [4.69, 9.17) is 0 Å². The second kappa shape index (κ2) is 2.60. The minimum absolute atomic E-state index is 0.379. The predicted molar refractivity (Wildman–Crippen MR) is 41.6 cm³/mol. The molecule has 0 amide bonds. The maximum Gasteiger partial charge on any atom is 0.215 e. The van der Waals surface area contributed by atoms with Crippen LogP contribution in [0.25, 0.3) is 0 Å². The van der Waals surface area contributed by atoms with Gasteiger partial charge in [-0.25, -0.2) is 4.98 Å². The molecule has 1 heterocycles. The van der Waals surface area contributed by atoms with Crippen LogP contribution in [0.5, 0.6) is 0 Å². The molecule has 0 atom stereocenters. The van der Waals surface area contributed by atoms with Gasteiger partial charge in [-0.1, -0.05) is 0 Å². The molecule has 1 nitrogen and oxygen atoms in total. The van der Waals surface area contributed by atoms with E-state index in [1.165, 1.54) is 6.20 Å². The number of pyridine rings is 1. The number of hydrogen-bond acceptors (Lipinski definition) is 1. The third kappa shape index (κ3) is 1.61. The first-order valence-electron chi connectivity index (χ1n) is 2.48. The predicted octanol–water partition coefficient (Wildman–Crippen LogP) is 2.13. The van der Waals surface area contributed by atoms with E-state index in [-0.39, 0.29) is 5.95 Å². The van der Waals surface area contributed by atoms with Crippen molar-refractivity contribution < 1.29 is 4.39 Å². The van der Waals surface area contributed by atoms with Gasteiger partial charge in [0.1, 0.15) is 0 Å². The van der Waals surface area contributed by atoms with Crippen LogP contribution in [0, 0.1) is 16.4 Å². The van der Waals surface area contributed by atoms with Gasteiger partial charge in [0.05, 0.1) is 0 Å². The minimum Gasteiger partial charge on any atom is -0.227 e. The van der Waals surface area contributed by atoms with Gasteiger partial charge in [-0.15, -0.1) is 0 Å². The van der Waals surface area contributed by atoms with Crippen LogP contribution in [0.15, 0.2) is 12.3 Å². The Morgan fingerprint density at radius 2 is 2.33 bits per heavy atom. The number of aryl methyl sites for hydroxylation is 1. The highest BCUT2D eigenvalue weighted by atomic mass is 127. The van der Waals surface area contributed by atoms with Gasteiger partial charge in [0.15, 0.2) is 0 Å². The van der Waals surface area contributed by atoms with Gasteiger partial charge in [0.25, 0.3) is 0 Å². The highest BCUT2D eigenvalue weighted by Gasteiger charge is 1.95. The molecule has 3 heteroatoms. The monoisotopic (exact) mass is 237 g/mol. The van der Waals surface area contributed by atoms with E-state index >= 15 is 0 Å². The normalized spacial score (nSPS) is 9.67. The molecule has 0 unspecified atom stereocenters. The zero-order chi connectivity index (χ0) is 6.85. The highest BCUT2D eigenvalue weighted by molar-refractivity contribution is 14.1. The Balaban J connectivity index is 3.17. The first-order chi connectivity index (χ1) is 4.20. The van der Waals surface area contributed by atoms with Crippen molar-refractivity contribution in [1.82, 2.24) is 4.98 Å². The van der Waals surface area contributed by atoms with Gasteiger partial charge in [-0.3, -0.25) is 0 Å². The SMILES string of the molecule is Cc1cc(I)cnc1F. The molecule has 0 saturated carbocycles. The Morgan fingerprint density at radius 1 is 1.67 bits per heavy atom. The molecule has 0 aliphatic heterocycles. The summed E-state index contributed by atoms with van der Waals surface area (Å²) >= 11 is 2.09. The molecule has 1 aromatic rings. The van der Waals surface area contributed by atoms with Crippen LogP contribution in [0.3, 0.4) is 0 Å². The smallest absolute Gasteiger partial charge is 0.215 e. The molecule has 1 rings (SSSR count). The summed E-state index contributed by atoms with van der Waals surface area (Å²) in [5.41, 5.74) is 0.599. The Morgan fingerprint density at radius 3 is 2.78 bits per heavy atom. The van der Waals surface area contributed by atoms with Crippen molar-refractivity contribution in [2.24, 2.45) is 0 Å². The number of nitrogens with zero attached hydrogens (tertiary/aromatic N) is 1. The summed E-state index contributed by atoms with van der Waals surface area (Å²) in [5.74, 6) is -0.379. The number of halogens is 2. The lowest BCUT2D eigenvalue weighted by Gasteiger charge is -1.92. The Kier molecular flexibility index (Phi) is 2.00. The molecule has 1 aromatic heterocycles. The lowest BCUT2D eigenvalue weighted by molar-refractivity contribution is 0.573. The molecule has 0 radical (unpaired) electrons. The fraction of sp³-hybridized carbons (Fsp3) is 0.167. The van der Waals surface area contributed by atoms with Crippen molar-refractivity contribution in [1.29, 1.82) is 0 Å². The molecule has 0 fully saturated rings. The number of hydrogen-bond donors (Lipinski definition) is 0. The average molecular weight is 237 g/mol. The van der Waals surface area contributed by atoms with Gasteiger partial charge < -0.3 is 0 Å². The molecule has 0 aromatic carbocycles. The van der Waals surface area contributed by atoms with Crippen molar-refractivity contribution in [2.75, 3.05) is 0 Å². The van der Waals surface area contributed by atoms with Gasteiger partial charge >= 0.3 is 0 Å². The van der Waals surface area contributed by atoms with Crippen LogP contribution in [-0.4, -0.2) is 4.98 Å². The zero-order valence-corrected chi connectivity index (χ0v) is 7.02. The summed E-state index contributed by atoms with van der Waals surface area (Å²) in [5, 5.41) is 0. The van der Waals surface area contributed by atoms with Gasteiger partial charge in [-0.05, 0) is 35.6 Å². The lowest BCUT2D eigenvalue weighted by Crippen LogP contribution is -1.87. The second-order valence-electron chi connectivity index (χ2n) is 1.76. The van der Waals surface area contributed by atoms with Crippen molar-refractivity contribution in [3.8, 4) is 0 Å². The van der Waals surface area contributed by atoms with Gasteiger partial charge in [0.2, 0.25) is 5.95 Å². The van der Waals surface area contributed by atoms with Crippen molar-refractivity contribution >= 4 is 22.6 Å². The molecule has 48 valence electrons. The standard InChI is InChI=1S/C6H5FIN/c1-4-2-5(8)3-9-6(4)7/h2-3H,1H3. The summed E-state index contributed by atoms with van der Waals surface area (Å²) in [6.07, 6.45) is 1.50. The Labute approximate surface area is 66.4 Å². The van der Waals surface area contributed by atoms with Crippen molar-refractivity contribution in [3.63, 3.8) is 0 Å². The van der Waals surface area contributed by atoms with E-state index < -0.39 is 0 Å². The van der Waals surface area contributed by atoms with Crippen molar-refractivity contribution in [3.05, 3.63) is 27.3 Å². The highest BCUT2D eigenvalue weighted by Crippen LogP contribution is 2.07. The van der Waals surface area contributed by atoms with E-state index in [1.807, 2.05) is 0 Å². The van der Waals surface area contributed by atoms with Gasteiger partial charge in [-0.2, -0.15) is 4.39 Å². The quantitative estimate of drug-likeness (QED) is 0.497. The van der Waals surface area contributed by atoms with E-state index in [0.29, 0.717) is 5.56 Å². The summed E-state index contributed by atoms with van der Waals surface area (Å²) in [6.45, 7) is 1.70. The summed E-state index contributed by atoms with van der Waals surface area (Å²) in [6, 6.07) is 1.75. The van der Waals surface area contributed by atoms with Crippen molar-refractivity contribution in [2.45, 2.75) is 6.92 Å². The first kappa shape index (κ1) is 6.92. The van der Waals surface area contributed by atoms with E-state index in [9.17, 15) is 4.39 Å². The fourth-order valence-electron chi connectivity index (χ4n) is 0.524. The van der Waals surface area contributed by atoms with Crippen LogP contribution >= 0.6 is 22.6 Å². The van der Waals surface area contributed by atoms with E-state index in [0.717, 1.165) is 3.57 Å². The van der Waals surface area contributed by atoms with E-state index in [2.05, 4.69) is 27.6 Å². The topological polar surface area (TPSA) is 12.9 Å². The minimum atomic E-state index is -0.379. The fourth-order valence-corrected chi connectivity index (χ4v) is 1.13. The molecule has 0 aliphatic rings. The average Bonchev–Trinajstić information content (AvgIpc) is 1.80. The van der Waals surface area contributed by atoms with Crippen LogP contribution in [0.1, 0.15) is 5.56 Å². The lowest BCUT2D eigenvalue weighted by atomic mass is 10.3. The molecule has 0 bridgehead atoms. The summed E-state index contributed by atoms with van der Waals surface area (Å²) < 4.78 is 13.3. The van der Waals surface area contributed by atoms with Crippen LogP contribution < -0.4 is 0 Å². The largest absolute Gasteiger partial charge is 0.227 e. The number of aromatic nitrogens is 1. The summed E-state index contributed by atoms with van der Waals surface area (Å²) in [4.78, 5) is 3.50. The van der Waals surface area contributed by atoms with Crippen LogP contribution in [-0.2, 0) is 0 Å². The molecule has 0 N–H and O–H groups in total. The first-order valence-corrected chi connectivity index (χ1v) is 3.55. The Bertz CT molecular complexity index is 224. The van der Waals surface area contributed by atoms with Crippen LogP contribution in [0.4, 0.5) is 4.39 Å². The maximum absolute atomic E-state index is 12.4. The number of rotatable bonds is 0. The summed E-state index contributed by atoms with van der Waals surface area (Å²) in [7, 11) is 0. The molecule has 0 saturated heterocycles. The molecule has 0 spiro atoms. The molecular formula is C6H5FIN. The maximum atomic E-state index is 12.4. The third-order valence-electron chi connectivity index (χ3n) is 0.981. The Hall–Kier alpha value is -0.190. The zero-order valence-electron chi connectivity index (χ0n) is 4.86. The molecule has 0 aliphatic carbocycles. The van der Waals surface area contributed by atoms with Crippen LogP contribution in [0.2, 0.25) is 0 Å². The van der Waals surface area contributed by atoms with E-state index in [1.54, 1.807) is 13.0 Å². The molecular weight excluding hydrogens is 232 g/mol. The van der Waals surface area contributed by atoms with Gasteiger partial charge in [0, 0.05) is 15.3 Å². The second-order valence-corrected chi connectivity index (χ2v) is 3.01. The molecule has 9 heavy (non-hydrogen) atoms. The third-order valence-corrected chi connectivity index (χ3v) is 1.57.